The van der Waals surface area contributed by atoms with Crippen LogP contribution in [0, 0.1) is 0 Å². The first-order valence-electron chi connectivity index (χ1n) is 23.9. The molecule has 0 fully saturated rings. The summed E-state index contributed by atoms with van der Waals surface area (Å²) in [6.45, 7) is 6.38. The van der Waals surface area contributed by atoms with Gasteiger partial charge in [0.2, 0.25) is 0 Å². The zero-order valence-electron chi connectivity index (χ0n) is 39.1. The van der Waals surface area contributed by atoms with Crippen LogP contribution < -0.4 is 0 Å². The van der Waals surface area contributed by atoms with E-state index in [1.54, 1.807) is 0 Å². The van der Waals surface area contributed by atoms with Crippen molar-refractivity contribution in [2.75, 3.05) is 13.2 Å². The van der Waals surface area contributed by atoms with Crippen LogP contribution in [0.2, 0.25) is 0 Å². The lowest BCUT2D eigenvalue weighted by Crippen LogP contribution is -2.47. The maximum Gasteiger partial charge on any atom is 0.308 e. The summed E-state index contributed by atoms with van der Waals surface area (Å²) in [5.41, 5.74) is 0. The normalized spacial score (nSPS) is 17.4. The molecular formula is C46H86O18. The summed E-state index contributed by atoms with van der Waals surface area (Å²) in [5.74, 6) is -3.14. The number of aliphatic hydroxyl groups excluding tert-OH is 10. The zero-order valence-corrected chi connectivity index (χ0v) is 39.1. The minimum absolute atomic E-state index is 0.0409. The van der Waals surface area contributed by atoms with E-state index >= 15 is 0 Å². The highest BCUT2D eigenvalue weighted by molar-refractivity contribution is 5.71. The molecule has 18 heteroatoms. The molecule has 0 amide bonds. The second-order valence-corrected chi connectivity index (χ2v) is 17.3. The number of carbonyl (C=O) groups excluding carboxylic acids is 4. The van der Waals surface area contributed by atoms with E-state index in [9.17, 15) is 65.1 Å². The lowest BCUT2D eigenvalue weighted by atomic mass is 10.0. The minimum atomic E-state index is -1.94. The first-order chi connectivity index (χ1) is 30.4. The van der Waals surface area contributed by atoms with Crippen LogP contribution in [0.1, 0.15) is 182 Å². The third kappa shape index (κ3) is 31.4. The quantitative estimate of drug-likeness (QED) is 0.0239. The Balaban J connectivity index is 5.36. The molecule has 0 saturated carbocycles. The molecule has 12 atom stereocenters. The number of ether oxygens (including phenoxy) is 4. The predicted octanol–water partition coefficient (Wildman–Crippen LogP) is 2.95. The second-order valence-electron chi connectivity index (χ2n) is 17.3. The first kappa shape index (κ1) is 61.5. The van der Waals surface area contributed by atoms with Crippen LogP contribution in [-0.2, 0) is 38.1 Å². The SMILES string of the molecule is CCCCCC(O)CC(O)CC(=O)OC(CCCCC)CC(O)CC(=O)OC(CCCCC)CC(O)CC(=O)OC(CCCCC)CC(O)CC(=O)OC[C@@H](O)[C@@H](O)[C@H](O)[C@H](O)CO. The summed E-state index contributed by atoms with van der Waals surface area (Å²) in [4.78, 5) is 51.2. The molecule has 64 heavy (non-hydrogen) atoms. The topological polar surface area (TPSA) is 308 Å². The van der Waals surface area contributed by atoms with Crippen molar-refractivity contribution in [3.8, 4) is 0 Å². The highest BCUT2D eigenvalue weighted by Crippen LogP contribution is 2.21. The van der Waals surface area contributed by atoms with E-state index in [1.807, 2.05) is 27.7 Å². The van der Waals surface area contributed by atoms with Crippen molar-refractivity contribution in [3.63, 3.8) is 0 Å². The Morgan fingerprint density at radius 2 is 0.703 bits per heavy atom. The van der Waals surface area contributed by atoms with Crippen molar-refractivity contribution >= 4 is 23.9 Å². The largest absolute Gasteiger partial charge is 0.463 e. The molecule has 0 aliphatic carbocycles. The van der Waals surface area contributed by atoms with Crippen molar-refractivity contribution in [2.24, 2.45) is 0 Å². The molecule has 0 aliphatic rings. The van der Waals surface area contributed by atoms with Crippen molar-refractivity contribution < 1.29 is 89.2 Å². The maximum atomic E-state index is 13.1. The van der Waals surface area contributed by atoms with Gasteiger partial charge in [-0.1, -0.05) is 85.5 Å². The van der Waals surface area contributed by atoms with E-state index < -0.39 is 130 Å². The first-order valence-corrected chi connectivity index (χ1v) is 23.9. The second kappa shape index (κ2) is 37.6. The van der Waals surface area contributed by atoms with E-state index in [-0.39, 0.29) is 32.1 Å². The number of aliphatic hydroxyl groups is 10. The molecule has 0 bridgehead atoms. The van der Waals surface area contributed by atoms with Gasteiger partial charge in [0.05, 0.1) is 62.8 Å². The average molecular weight is 927 g/mol. The number of esters is 4. The molecule has 378 valence electrons. The molecule has 8 unspecified atom stereocenters. The van der Waals surface area contributed by atoms with Gasteiger partial charge in [0.1, 0.15) is 49.3 Å². The van der Waals surface area contributed by atoms with Crippen LogP contribution in [0.3, 0.4) is 0 Å². The molecule has 0 heterocycles. The van der Waals surface area contributed by atoms with Crippen LogP contribution in [0.5, 0.6) is 0 Å². The Hall–Kier alpha value is -2.52. The summed E-state index contributed by atoms with van der Waals surface area (Å²) in [6, 6.07) is 0. The fourth-order valence-corrected chi connectivity index (χ4v) is 7.22. The fourth-order valence-electron chi connectivity index (χ4n) is 7.22. The van der Waals surface area contributed by atoms with Gasteiger partial charge in [0.15, 0.2) is 0 Å². The molecule has 0 aromatic carbocycles. The number of unbranched alkanes of at least 4 members (excludes halogenated alkanes) is 8. The summed E-state index contributed by atoms with van der Waals surface area (Å²) >= 11 is 0. The third-order valence-electron chi connectivity index (χ3n) is 10.9. The van der Waals surface area contributed by atoms with Gasteiger partial charge in [-0.2, -0.15) is 0 Å². The summed E-state index contributed by atoms with van der Waals surface area (Å²) in [7, 11) is 0. The number of carbonyl (C=O) groups is 4. The fraction of sp³-hybridized carbons (Fsp3) is 0.913. The molecule has 0 saturated heterocycles. The molecule has 0 rings (SSSR count). The van der Waals surface area contributed by atoms with E-state index in [0.717, 1.165) is 57.8 Å². The third-order valence-corrected chi connectivity index (χ3v) is 10.9. The lowest BCUT2D eigenvalue weighted by Gasteiger charge is -2.25. The van der Waals surface area contributed by atoms with E-state index in [2.05, 4.69) is 0 Å². The molecular weight excluding hydrogens is 840 g/mol. The van der Waals surface area contributed by atoms with Gasteiger partial charge in [0.25, 0.3) is 0 Å². The van der Waals surface area contributed by atoms with E-state index in [0.29, 0.717) is 44.9 Å². The number of hydrogen-bond acceptors (Lipinski definition) is 18. The molecule has 0 spiro atoms. The Kier molecular flexibility index (Phi) is 36.1. The van der Waals surface area contributed by atoms with Crippen LogP contribution in [0.25, 0.3) is 0 Å². The lowest BCUT2D eigenvalue weighted by molar-refractivity contribution is -0.159. The zero-order chi connectivity index (χ0) is 48.5. The predicted molar refractivity (Wildman–Crippen MR) is 235 cm³/mol. The van der Waals surface area contributed by atoms with Crippen molar-refractivity contribution in [2.45, 2.75) is 255 Å². The molecule has 0 radical (unpaired) electrons. The number of hydrogen-bond donors (Lipinski definition) is 10. The van der Waals surface area contributed by atoms with Crippen molar-refractivity contribution in [1.82, 2.24) is 0 Å². The van der Waals surface area contributed by atoms with Gasteiger partial charge in [-0.05, 0) is 51.4 Å². The monoisotopic (exact) mass is 927 g/mol. The van der Waals surface area contributed by atoms with Crippen molar-refractivity contribution in [3.05, 3.63) is 0 Å². The van der Waals surface area contributed by atoms with Crippen LogP contribution in [-0.4, -0.2) is 161 Å². The van der Waals surface area contributed by atoms with Gasteiger partial charge >= 0.3 is 23.9 Å². The van der Waals surface area contributed by atoms with Gasteiger partial charge in [-0.25, -0.2) is 0 Å². The summed E-state index contributed by atoms with van der Waals surface area (Å²) < 4.78 is 21.8. The van der Waals surface area contributed by atoms with E-state index in [1.165, 1.54) is 0 Å². The molecule has 0 aliphatic heterocycles. The average Bonchev–Trinajstić information content (AvgIpc) is 3.21. The molecule has 0 aromatic rings. The number of rotatable bonds is 41. The van der Waals surface area contributed by atoms with Gasteiger partial charge in [-0.3, -0.25) is 19.2 Å². The van der Waals surface area contributed by atoms with Crippen LogP contribution >= 0.6 is 0 Å². The standard InChI is InChI=1S/C46H86O18/c1-5-9-13-17-31(48)21-32(49)26-42(56)62-37(19-15-11-7-3)23-34(51)28-44(58)64-38(20-16-12-8-4)24-35(52)27-43(57)63-36(18-14-10-6-2)22-33(50)25-41(55)61-30-40(54)46(60)45(59)39(53)29-47/h31-40,45-54,59-60H,5-30H2,1-4H3/t31?,32?,33?,34?,35?,36?,37?,38?,39-,40-,45-,46-/m1/s1. The van der Waals surface area contributed by atoms with Gasteiger partial charge in [0, 0.05) is 19.3 Å². The Morgan fingerprint density at radius 3 is 1.05 bits per heavy atom. The Bertz CT molecular complexity index is 1210. The smallest absolute Gasteiger partial charge is 0.308 e. The van der Waals surface area contributed by atoms with Crippen LogP contribution in [0.15, 0.2) is 0 Å². The Morgan fingerprint density at radius 1 is 0.391 bits per heavy atom. The highest BCUT2D eigenvalue weighted by atomic mass is 16.6. The minimum Gasteiger partial charge on any atom is -0.463 e. The summed E-state index contributed by atoms with van der Waals surface area (Å²) in [6.07, 6.45) is -5.74. The molecule has 10 N–H and O–H groups in total. The Labute approximate surface area is 380 Å². The maximum absolute atomic E-state index is 13.1. The van der Waals surface area contributed by atoms with Gasteiger partial charge in [-0.15, -0.1) is 0 Å². The van der Waals surface area contributed by atoms with Gasteiger partial charge < -0.3 is 70.0 Å². The van der Waals surface area contributed by atoms with Crippen LogP contribution in [0.4, 0.5) is 0 Å². The summed E-state index contributed by atoms with van der Waals surface area (Å²) in [5, 5.41) is 101. The van der Waals surface area contributed by atoms with Crippen molar-refractivity contribution in [1.29, 1.82) is 0 Å². The highest BCUT2D eigenvalue weighted by Gasteiger charge is 2.32. The van der Waals surface area contributed by atoms with E-state index in [4.69, 9.17) is 24.1 Å². The molecule has 0 aromatic heterocycles. The molecule has 18 nitrogen and oxygen atoms in total.